The Morgan fingerprint density at radius 2 is 1.90 bits per heavy atom. The van der Waals surface area contributed by atoms with E-state index in [1.54, 1.807) is 35.7 Å². The summed E-state index contributed by atoms with van der Waals surface area (Å²) in [5.41, 5.74) is 3.53. The van der Waals surface area contributed by atoms with Crippen molar-refractivity contribution in [3.05, 3.63) is 87.1 Å². The van der Waals surface area contributed by atoms with Gasteiger partial charge in [0, 0.05) is 10.3 Å². The number of carbonyl (C=O) groups is 1. The molecular formula is C23H21F3N2O2S. The highest BCUT2D eigenvalue weighted by Crippen LogP contribution is 2.29. The monoisotopic (exact) mass is 446 g/mol. The van der Waals surface area contributed by atoms with E-state index in [1.807, 2.05) is 6.07 Å². The van der Waals surface area contributed by atoms with Gasteiger partial charge in [-0.05, 0) is 59.5 Å². The van der Waals surface area contributed by atoms with Crippen molar-refractivity contribution < 1.29 is 22.7 Å². The van der Waals surface area contributed by atoms with Crippen molar-refractivity contribution in [3.63, 3.8) is 0 Å². The van der Waals surface area contributed by atoms with Gasteiger partial charge in [0.15, 0.2) is 0 Å². The van der Waals surface area contributed by atoms with E-state index in [-0.39, 0.29) is 12.5 Å². The van der Waals surface area contributed by atoms with Gasteiger partial charge in [-0.3, -0.25) is 4.79 Å². The second-order valence-corrected chi connectivity index (χ2v) is 8.09. The Bertz CT molecular complexity index is 1060. The number of nitrogens with one attached hydrogen (secondary N) is 1. The van der Waals surface area contributed by atoms with Gasteiger partial charge in [-0.1, -0.05) is 26.0 Å². The zero-order chi connectivity index (χ0) is 22.4. The number of ether oxygens (including phenoxy) is 1. The van der Waals surface area contributed by atoms with Crippen molar-refractivity contribution in [2.75, 3.05) is 0 Å². The number of hydrogen-bond acceptors (Lipinski definition) is 4. The van der Waals surface area contributed by atoms with E-state index in [4.69, 9.17) is 4.74 Å². The molecule has 0 atom stereocenters. The van der Waals surface area contributed by atoms with Crippen molar-refractivity contribution in [1.82, 2.24) is 5.43 Å². The van der Waals surface area contributed by atoms with Crippen LogP contribution in [0.25, 0.3) is 0 Å². The summed E-state index contributed by atoms with van der Waals surface area (Å²) in [7, 11) is 0. The van der Waals surface area contributed by atoms with Gasteiger partial charge >= 0.3 is 6.18 Å². The molecule has 2 aromatic carbocycles. The van der Waals surface area contributed by atoms with E-state index in [0.29, 0.717) is 22.8 Å². The highest BCUT2D eigenvalue weighted by atomic mass is 32.1. The minimum atomic E-state index is -4.38. The Hall–Kier alpha value is -3.13. The van der Waals surface area contributed by atoms with Gasteiger partial charge in [0.2, 0.25) is 0 Å². The molecule has 0 radical (unpaired) electrons. The molecule has 0 aliphatic rings. The maximum atomic E-state index is 12.8. The summed E-state index contributed by atoms with van der Waals surface area (Å²) in [6.45, 7) is 4.16. The third-order valence-corrected chi connectivity index (χ3v) is 5.60. The summed E-state index contributed by atoms with van der Waals surface area (Å²) in [6, 6.07) is 13.7. The van der Waals surface area contributed by atoms with Crippen LogP contribution in [0.2, 0.25) is 0 Å². The quantitative estimate of drug-likeness (QED) is 0.345. The molecule has 8 heteroatoms. The third kappa shape index (κ3) is 6.42. The Kier molecular flexibility index (Phi) is 7.12. The number of rotatable bonds is 7. The lowest BCUT2D eigenvalue weighted by Crippen LogP contribution is -2.16. The molecule has 31 heavy (non-hydrogen) atoms. The van der Waals surface area contributed by atoms with Gasteiger partial charge in [-0.25, -0.2) is 5.43 Å². The highest BCUT2D eigenvalue weighted by Gasteiger charge is 2.30. The first kappa shape index (κ1) is 22.6. The first-order valence-corrected chi connectivity index (χ1v) is 10.4. The Balaban J connectivity index is 1.52. The lowest BCUT2D eigenvalue weighted by atomic mass is 10.1. The smallest absolute Gasteiger partial charge is 0.416 e. The molecule has 162 valence electrons. The Morgan fingerprint density at radius 3 is 2.55 bits per heavy atom. The zero-order valence-electron chi connectivity index (χ0n) is 16.9. The number of alkyl halides is 3. The first-order chi connectivity index (χ1) is 14.7. The predicted molar refractivity (Wildman–Crippen MR) is 116 cm³/mol. The zero-order valence-corrected chi connectivity index (χ0v) is 17.8. The molecule has 0 saturated heterocycles. The highest BCUT2D eigenvalue weighted by molar-refractivity contribution is 7.10. The fourth-order valence-corrected chi connectivity index (χ4v) is 3.56. The van der Waals surface area contributed by atoms with Gasteiger partial charge in [-0.2, -0.15) is 18.3 Å². The molecule has 1 aromatic heterocycles. The predicted octanol–water partition coefficient (Wildman–Crippen LogP) is 6.23. The maximum Gasteiger partial charge on any atom is 0.416 e. The molecule has 3 aromatic rings. The van der Waals surface area contributed by atoms with Crippen LogP contribution in [0, 0.1) is 0 Å². The van der Waals surface area contributed by atoms with Crippen LogP contribution in [0.4, 0.5) is 13.2 Å². The molecule has 0 aliphatic heterocycles. The number of thiophene rings is 1. The van der Waals surface area contributed by atoms with Crippen LogP contribution in [0.3, 0.4) is 0 Å². The minimum absolute atomic E-state index is 0.0203. The van der Waals surface area contributed by atoms with Crippen molar-refractivity contribution in [2.45, 2.75) is 32.5 Å². The van der Waals surface area contributed by atoms with Crippen LogP contribution in [0.1, 0.15) is 51.7 Å². The van der Waals surface area contributed by atoms with Gasteiger partial charge in [0.1, 0.15) is 12.4 Å². The molecule has 0 spiro atoms. The minimum Gasteiger partial charge on any atom is -0.489 e. The van der Waals surface area contributed by atoms with E-state index < -0.39 is 11.7 Å². The maximum absolute atomic E-state index is 12.8. The van der Waals surface area contributed by atoms with Crippen molar-refractivity contribution in [1.29, 1.82) is 0 Å². The van der Waals surface area contributed by atoms with Crippen LogP contribution < -0.4 is 10.2 Å². The van der Waals surface area contributed by atoms with E-state index in [0.717, 1.165) is 22.6 Å². The van der Waals surface area contributed by atoms with Gasteiger partial charge in [0.05, 0.1) is 17.3 Å². The van der Waals surface area contributed by atoms with Crippen LogP contribution in [0.5, 0.6) is 5.75 Å². The summed E-state index contributed by atoms with van der Waals surface area (Å²) in [5, 5.41) is 5.76. The molecule has 1 heterocycles. The Morgan fingerprint density at radius 1 is 1.16 bits per heavy atom. The Labute approximate surface area is 182 Å². The SMILES string of the molecule is CC(C)c1cc(C(=O)NN=Cc2ccc(OCc3cccc(C(F)(F)F)c3)cc2)cs1. The summed E-state index contributed by atoms with van der Waals surface area (Å²) >= 11 is 1.54. The van der Waals surface area contributed by atoms with E-state index in [2.05, 4.69) is 24.4 Å². The van der Waals surface area contributed by atoms with Gasteiger partial charge < -0.3 is 4.74 Å². The second-order valence-electron chi connectivity index (χ2n) is 7.15. The van der Waals surface area contributed by atoms with Gasteiger partial charge in [-0.15, -0.1) is 11.3 Å². The average molecular weight is 446 g/mol. The molecule has 0 saturated carbocycles. The fourth-order valence-electron chi connectivity index (χ4n) is 2.66. The molecule has 1 N–H and O–H groups in total. The number of nitrogens with zero attached hydrogens (tertiary/aromatic N) is 1. The van der Waals surface area contributed by atoms with E-state index >= 15 is 0 Å². The number of amides is 1. The first-order valence-electron chi connectivity index (χ1n) is 9.53. The molecular weight excluding hydrogens is 425 g/mol. The van der Waals surface area contributed by atoms with Crippen LogP contribution in [-0.2, 0) is 12.8 Å². The molecule has 0 aliphatic carbocycles. The average Bonchev–Trinajstić information content (AvgIpc) is 3.24. The fraction of sp³-hybridized carbons (Fsp3) is 0.217. The summed E-state index contributed by atoms with van der Waals surface area (Å²) in [6.07, 6.45) is -2.88. The number of hydrazone groups is 1. The normalized spacial score (nSPS) is 11.8. The standard InChI is InChI=1S/C23H21F3N2O2S/c1-15(2)21-11-18(14-31-21)22(29)28-27-12-16-6-8-20(9-7-16)30-13-17-4-3-5-19(10-17)23(24,25)26/h3-12,14-15H,13H2,1-2H3,(H,28,29). The topological polar surface area (TPSA) is 50.7 Å². The van der Waals surface area contributed by atoms with Gasteiger partial charge in [0.25, 0.3) is 5.91 Å². The number of halogens is 3. The van der Waals surface area contributed by atoms with Crippen LogP contribution in [0.15, 0.2) is 65.1 Å². The lowest BCUT2D eigenvalue weighted by Gasteiger charge is -2.10. The van der Waals surface area contributed by atoms with Crippen molar-refractivity contribution >= 4 is 23.5 Å². The van der Waals surface area contributed by atoms with E-state index in [1.165, 1.54) is 23.6 Å². The number of benzene rings is 2. The molecule has 0 fully saturated rings. The molecule has 0 bridgehead atoms. The van der Waals surface area contributed by atoms with Crippen molar-refractivity contribution in [3.8, 4) is 5.75 Å². The van der Waals surface area contributed by atoms with Crippen LogP contribution >= 0.6 is 11.3 Å². The van der Waals surface area contributed by atoms with Crippen molar-refractivity contribution in [2.24, 2.45) is 5.10 Å². The molecule has 4 nitrogen and oxygen atoms in total. The van der Waals surface area contributed by atoms with E-state index in [9.17, 15) is 18.0 Å². The summed E-state index contributed by atoms with van der Waals surface area (Å²) in [4.78, 5) is 13.3. The largest absolute Gasteiger partial charge is 0.489 e. The number of carbonyl (C=O) groups excluding carboxylic acids is 1. The summed E-state index contributed by atoms with van der Waals surface area (Å²) in [5.74, 6) is 0.600. The number of hydrogen-bond donors (Lipinski definition) is 1. The second kappa shape index (κ2) is 9.78. The molecule has 3 rings (SSSR count). The summed E-state index contributed by atoms with van der Waals surface area (Å²) < 4.78 is 43.9. The third-order valence-electron chi connectivity index (χ3n) is 4.37. The molecule has 0 unspecified atom stereocenters. The lowest BCUT2D eigenvalue weighted by molar-refractivity contribution is -0.137. The molecule has 1 amide bonds. The van der Waals surface area contributed by atoms with Crippen LogP contribution in [-0.4, -0.2) is 12.1 Å².